The molecule has 0 radical (unpaired) electrons. The first kappa shape index (κ1) is 16.9. The number of nitrogens with zero attached hydrogens (tertiary/aromatic N) is 2. The Kier molecular flexibility index (Phi) is 4.67. The number of hydrogen-bond donors (Lipinski definition) is 2. The monoisotopic (exact) mass is 331 g/mol. The van der Waals surface area contributed by atoms with Gasteiger partial charge in [0.1, 0.15) is 6.54 Å². The smallest absolute Gasteiger partial charge is 0.416 e. The SMILES string of the molecule is NC(=O)CN(CC1CN(c2cccc(C(F)(F)F)c2)C1)C(=O)O. The van der Waals surface area contributed by atoms with Gasteiger partial charge in [-0.2, -0.15) is 13.2 Å². The van der Waals surface area contributed by atoms with Crippen molar-refractivity contribution in [2.75, 3.05) is 31.1 Å². The van der Waals surface area contributed by atoms with Gasteiger partial charge < -0.3 is 15.7 Å². The molecule has 0 bridgehead atoms. The Bertz CT molecular complexity index is 600. The molecule has 2 amide bonds. The second kappa shape index (κ2) is 6.35. The quantitative estimate of drug-likeness (QED) is 0.858. The Balaban J connectivity index is 1.94. The van der Waals surface area contributed by atoms with Crippen molar-refractivity contribution in [1.82, 2.24) is 4.90 Å². The van der Waals surface area contributed by atoms with Gasteiger partial charge in [0.2, 0.25) is 5.91 Å². The Morgan fingerprint density at radius 3 is 2.52 bits per heavy atom. The number of benzene rings is 1. The summed E-state index contributed by atoms with van der Waals surface area (Å²) in [6.45, 7) is 0.566. The highest BCUT2D eigenvalue weighted by atomic mass is 19.4. The molecule has 0 unspecified atom stereocenters. The van der Waals surface area contributed by atoms with Crippen LogP contribution in [0.25, 0.3) is 0 Å². The summed E-state index contributed by atoms with van der Waals surface area (Å²) in [6, 6.07) is 4.97. The molecule has 1 aromatic rings. The van der Waals surface area contributed by atoms with Gasteiger partial charge in [-0.1, -0.05) is 6.07 Å². The normalized spacial score (nSPS) is 15.2. The van der Waals surface area contributed by atoms with Crippen molar-refractivity contribution in [3.8, 4) is 0 Å². The Morgan fingerprint density at radius 1 is 1.35 bits per heavy atom. The average Bonchev–Trinajstić information content (AvgIpc) is 2.39. The first-order valence-electron chi connectivity index (χ1n) is 6.85. The lowest BCUT2D eigenvalue weighted by Gasteiger charge is -2.42. The molecule has 0 aliphatic carbocycles. The molecular formula is C14H16F3N3O3. The molecule has 126 valence electrons. The zero-order valence-corrected chi connectivity index (χ0v) is 12.1. The van der Waals surface area contributed by atoms with Crippen LogP contribution in [0.5, 0.6) is 0 Å². The number of hydrogen-bond acceptors (Lipinski definition) is 3. The molecule has 1 aliphatic rings. The summed E-state index contributed by atoms with van der Waals surface area (Å²) in [7, 11) is 0. The van der Waals surface area contributed by atoms with Gasteiger partial charge in [-0.05, 0) is 18.2 Å². The summed E-state index contributed by atoms with van der Waals surface area (Å²) in [5, 5.41) is 8.98. The number of primary amides is 1. The maximum Gasteiger partial charge on any atom is 0.416 e. The fourth-order valence-electron chi connectivity index (χ4n) is 2.49. The minimum absolute atomic E-state index is 0.0556. The van der Waals surface area contributed by atoms with E-state index in [1.54, 1.807) is 11.0 Å². The van der Waals surface area contributed by atoms with Crippen molar-refractivity contribution in [2.24, 2.45) is 11.7 Å². The number of alkyl halides is 3. The van der Waals surface area contributed by atoms with Crippen LogP contribution < -0.4 is 10.6 Å². The zero-order valence-electron chi connectivity index (χ0n) is 12.1. The Morgan fingerprint density at radius 2 is 2.00 bits per heavy atom. The first-order valence-corrected chi connectivity index (χ1v) is 6.85. The second-order valence-corrected chi connectivity index (χ2v) is 5.45. The highest BCUT2D eigenvalue weighted by Crippen LogP contribution is 2.33. The van der Waals surface area contributed by atoms with Crippen LogP contribution in [-0.2, 0) is 11.0 Å². The molecule has 0 spiro atoms. The van der Waals surface area contributed by atoms with Crippen LogP contribution in [0.15, 0.2) is 24.3 Å². The molecule has 2 rings (SSSR count). The van der Waals surface area contributed by atoms with E-state index in [0.717, 1.165) is 17.0 Å². The molecule has 9 heteroatoms. The number of rotatable bonds is 5. The molecule has 1 saturated heterocycles. The van der Waals surface area contributed by atoms with Gasteiger partial charge in [0, 0.05) is 31.2 Å². The minimum Gasteiger partial charge on any atom is -0.465 e. The van der Waals surface area contributed by atoms with Crippen molar-refractivity contribution in [1.29, 1.82) is 0 Å². The second-order valence-electron chi connectivity index (χ2n) is 5.45. The van der Waals surface area contributed by atoms with Gasteiger partial charge in [0.25, 0.3) is 0 Å². The lowest BCUT2D eigenvalue weighted by Crippen LogP contribution is -2.53. The highest BCUT2D eigenvalue weighted by molar-refractivity contribution is 5.80. The molecule has 0 saturated carbocycles. The molecule has 0 aromatic heterocycles. The van der Waals surface area contributed by atoms with Crippen LogP contribution in [0.4, 0.5) is 23.7 Å². The molecule has 0 atom stereocenters. The van der Waals surface area contributed by atoms with Gasteiger partial charge in [0.05, 0.1) is 5.56 Å². The van der Waals surface area contributed by atoms with Crippen LogP contribution in [0.2, 0.25) is 0 Å². The molecule has 6 nitrogen and oxygen atoms in total. The van der Waals surface area contributed by atoms with Gasteiger partial charge in [-0.25, -0.2) is 4.79 Å². The first-order chi connectivity index (χ1) is 10.7. The lowest BCUT2D eigenvalue weighted by atomic mass is 9.98. The molecule has 23 heavy (non-hydrogen) atoms. The predicted octanol–water partition coefficient (Wildman–Crippen LogP) is 1.61. The van der Waals surface area contributed by atoms with E-state index in [0.29, 0.717) is 18.8 Å². The summed E-state index contributed by atoms with van der Waals surface area (Å²) in [4.78, 5) is 24.5. The zero-order chi connectivity index (χ0) is 17.2. The van der Waals surface area contributed by atoms with Crippen LogP contribution in [0.1, 0.15) is 5.56 Å². The van der Waals surface area contributed by atoms with Crippen LogP contribution in [0, 0.1) is 5.92 Å². The number of nitrogens with two attached hydrogens (primary N) is 1. The summed E-state index contributed by atoms with van der Waals surface area (Å²) in [5.74, 6) is -0.804. The van der Waals surface area contributed by atoms with E-state index in [9.17, 15) is 22.8 Å². The molecule has 1 heterocycles. The number of amides is 2. The van der Waals surface area contributed by atoms with E-state index in [1.165, 1.54) is 6.07 Å². The standard InChI is InChI=1S/C14H16F3N3O3/c15-14(16,17)10-2-1-3-11(4-10)19-5-9(6-19)7-20(13(22)23)8-12(18)21/h1-4,9H,5-8H2,(H2,18,21)(H,22,23). The van der Waals surface area contributed by atoms with Crippen molar-refractivity contribution < 1.29 is 27.9 Å². The maximum absolute atomic E-state index is 12.7. The van der Waals surface area contributed by atoms with Gasteiger partial charge in [-0.15, -0.1) is 0 Å². The molecule has 1 fully saturated rings. The molecule has 1 aromatic carbocycles. The largest absolute Gasteiger partial charge is 0.465 e. The number of carbonyl (C=O) groups is 2. The summed E-state index contributed by atoms with van der Waals surface area (Å²) >= 11 is 0. The fourth-order valence-corrected chi connectivity index (χ4v) is 2.49. The highest BCUT2D eigenvalue weighted by Gasteiger charge is 2.34. The third-order valence-corrected chi connectivity index (χ3v) is 3.59. The fraction of sp³-hybridized carbons (Fsp3) is 0.429. The molecule has 1 aliphatic heterocycles. The number of anilines is 1. The van der Waals surface area contributed by atoms with Crippen molar-refractivity contribution in [3.63, 3.8) is 0 Å². The predicted molar refractivity (Wildman–Crippen MR) is 75.9 cm³/mol. The van der Waals surface area contributed by atoms with E-state index in [-0.39, 0.29) is 12.5 Å². The van der Waals surface area contributed by atoms with Crippen molar-refractivity contribution >= 4 is 17.7 Å². The van der Waals surface area contributed by atoms with E-state index < -0.39 is 30.3 Å². The summed E-state index contributed by atoms with van der Waals surface area (Å²) in [5.41, 5.74) is 4.70. The van der Waals surface area contributed by atoms with Crippen molar-refractivity contribution in [3.05, 3.63) is 29.8 Å². The minimum atomic E-state index is -4.40. The van der Waals surface area contributed by atoms with Crippen LogP contribution >= 0.6 is 0 Å². The maximum atomic E-state index is 12.7. The average molecular weight is 331 g/mol. The van der Waals surface area contributed by atoms with Crippen LogP contribution in [0.3, 0.4) is 0 Å². The molecule has 3 N–H and O–H groups in total. The lowest BCUT2D eigenvalue weighted by molar-refractivity contribution is -0.137. The van der Waals surface area contributed by atoms with Gasteiger partial charge in [0.15, 0.2) is 0 Å². The summed E-state index contributed by atoms with van der Waals surface area (Å²) in [6.07, 6.45) is -5.65. The number of carboxylic acid groups (broad SMARTS) is 1. The Hall–Kier alpha value is -2.45. The third-order valence-electron chi connectivity index (χ3n) is 3.59. The molecular weight excluding hydrogens is 315 g/mol. The van der Waals surface area contributed by atoms with Crippen LogP contribution in [-0.4, -0.2) is 48.2 Å². The van der Waals surface area contributed by atoms with Gasteiger partial charge >= 0.3 is 12.3 Å². The van der Waals surface area contributed by atoms with E-state index in [1.807, 2.05) is 0 Å². The topological polar surface area (TPSA) is 86.9 Å². The Labute approximate surface area is 130 Å². The van der Waals surface area contributed by atoms with E-state index >= 15 is 0 Å². The van der Waals surface area contributed by atoms with E-state index in [2.05, 4.69) is 0 Å². The van der Waals surface area contributed by atoms with Gasteiger partial charge in [-0.3, -0.25) is 9.69 Å². The summed E-state index contributed by atoms with van der Waals surface area (Å²) < 4.78 is 38.0. The number of halogens is 3. The van der Waals surface area contributed by atoms with E-state index in [4.69, 9.17) is 10.8 Å². The number of carbonyl (C=O) groups excluding carboxylic acids is 1. The third kappa shape index (κ3) is 4.27. The van der Waals surface area contributed by atoms with Crippen molar-refractivity contribution in [2.45, 2.75) is 6.18 Å².